The largest absolute Gasteiger partial charge is 0.435 e. The maximum atomic E-state index is 15.6. The normalized spacial score (nSPS) is 19.4. The van der Waals surface area contributed by atoms with Crippen molar-refractivity contribution in [3.63, 3.8) is 0 Å². The van der Waals surface area contributed by atoms with E-state index in [1.165, 1.54) is 17.4 Å². The molecule has 1 fully saturated rings. The van der Waals surface area contributed by atoms with Gasteiger partial charge >= 0.3 is 6.18 Å². The molecule has 3 atom stereocenters. The minimum absolute atomic E-state index is 0.0866. The van der Waals surface area contributed by atoms with Crippen molar-refractivity contribution in [3.8, 4) is 11.1 Å². The van der Waals surface area contributed by atoms with Crippen LogP contribution in [0.4, 0.5) is 41.6 Å². The van der Waals surface area contributed by atoms with Crippen LogP contribution in [0.3, 0.4) is 0 Å². The second-order valence-electron chi connectivity index (χ2n) is 15.4. The van der Waals surface area contributed by atoms with Crippen LogP contribution in [0, 0.1) is 17.6 Å². The summed E-state index contributed by atoms with van der Waals surface area (Å²) in [4.78, 5) is 45.1. The lowest BCUT2D eigenvalue weighted by molar-refractivity contribution is -0.142. The molecule has 6 aromatic rings. The van der Waals surface area contributed by atoms with E-state index in [2.05, 4.69) is 30.5 Å². The van der Waals surface area contributed by atoms with E-state index in [4.69, 9.17) is 9.97 Å². The van der Waals surface area contributed by atoms with E-state index in [0.29, 0.717) is 70.0 Å². The van der Waals surface area contributed by atoms with E-state index in [-0.39, 0.29) is 29.2 Å². The Morgan fingerprint density at radius 3 is 2.38 bits per heavy atom. The number of hydrogen-bond donors (Lipinski definition) is 2. The number of fused-ring (bicyclic) bond motifs is 5. The number of thiazole rings is 1. The van der Waals surface area contributed by atoms with Gasteiger partial charge < -0.3 is 20.4 Å². The molecular formula is C42H32F7N9O2S. The summed E-state index contributed by atoms with van der Waals surface area (Å²) < 4.78 is 104. The van der Waals surface area contributed by atoms with Gasteiger partial charge in [-0.15, -0.1) is 0 Å². The first-order chi connectivity index (χ1) is 29.2. The summed E-state index contributed by atoms with van der Waals surface area (Å²) in [5.74, 6) is -9.59. The number of rotatable bonds is 9. The molecule has 2 N–H and O–H groups in total. The van der Waals surface area contributed by atoms with E-state index in [1.807, 2.05) is 12.1 Å². The lowest BCUT2D eigenvalue weighted by Gasteiger charge is -2.35. The van der Waals surface area contributed by atoms with Gasteiger partial charge in [-0.2, -0.15) is 32.0 Å². The molecule has 1 saturated heterocycles. The standard InChI is InChI=1S/C42H32F7N9O2S/c43-24-13-21(14-25(44)17-24)15-31(52-33(59)20-58-37-34(36(55-58)42(47,48)49)27-3-4-30(27)41(37,45)46)35-28(22-1-2-23-19-51-39(60)29(23)16-22)18-32-38(53-35)54-40(61-32)57-11-9-56(10-12-57)26-5-7-50-8-6-26/h1-8,13-14,16-18,27,30-31H,9-12,15,19-20H2,(H,51,60)(H,52,59)/t27-,30+,31-/m0/s1. The number of amides is 2. The van der Waals surface area contributed by atoms with Crippen molar-refractivity contribution < 1.29 is 40.3 Å². The molecule has 0 saturated carbocycles. The highest BCUT2D eigenvalue weighted by atomic mass is 32.1. The van der Waals surface area contributed by atoms with Crippen molar-refractivity contribution in [2.24, 2.45) is 5.92 Å². The number of carbonyl (C=O) groups excluding carboxylic acids is 2. The van der Waals surface area contributed by atoms with Gasteiger partial charge in [0, 0.05) is 79.5 Å². The maximum absolute atomic E-state index is 15.6. The molecule has 11 nitrogen and oxygen atoms in total. The van der Waals surface area contributed by atoms with Gasteiger partial charge in [0.2, 0.25) is 5.91 Å². The molecule has 2 aliphatic heterocycles. The number of halogens is 7. The lowest BCUT2D eigenvalue weighted by atomic mass is 9.81. The minimum Gasteiger partial charge on any atom is -0.368 e. The average molecular weight is 860 g/mol. The smallest absolute Gasteiger partial charge is 0.368 e. The lowest BCUT2D eigenvalue weighted by Crippen LogP contribution is -2.46. The van der Waals surface area contributed by atoms with Gasteiger partial charge in [0.25, 0.3) is 11.8 Å². The van der Waals surface area contributed by atoms with E-state index in [1.54, 1.807) is 36.7 Å². The number of carbonyl (C=O) groups is 2. The summed E-state index contributed by atoms with van der Waals surface area (Å²) in [6.07, 6.45) is 0.498. The molecule has 0 radical (unpaired) electrons. The Kier molecular flexibility index (Phi) is 9.15. The molecule has 0 spiro atoms. The molecule has 19 heteroatoms. The molecular weight excluding hydrogens is 828 g/mol. The van der Waals surface area contributed by atoms with Gasteiger partial charge in [-0.05, 0) is 59.5 Å². The molecule has 4 aromatic heterocycles. The molecule has 2 amide bonds. The number of piperazine rings is 1. The monoisotopic (exact) mass is 859 g/mol. The van der Waals surface area contributed by atoms with Crippen LogP contribution in [0.1, 0.15) is 56.1 Å². The fraction of sp³-hybridized carbons (Fsp3) is 0.286. The third kappa shape index (κ3) is 6.83. The minimum atomic E-state index is -5.08. The van der Waals surface area contributed by atoms with Gasteiger partial charge in [0.15, 0.2) is 16.5 Å². The Labute approximate surface area is 345 Å². The Hall–Kier alpha value is -6.37. The molecule has 312 valence electrons. The van der Waals surface area contributed by atoms with E-state index < -0.39 is 71.0 Å². The molecule has 2 aliphatic carbocycles. The number of aromatic nitrogens is 5. The summed E-state index contributed by atoms with van der Waals surface area (Å²) in [6, 6.07) is 12.4. The quantitative estimate of drug-likeness (QED) is 0.115. The maximum Gasteiger partial charge on any atom is 0.435 e. The van der Waals surface area contributed by atoms with Crippen molar-refractivity contribution in [3.05, 3.63) is 130 Å². The van der Waals surface area contributed by atoms with Crippen LogP contribution < -0.4 is 20.4 Å². The Morgan fingerprint density at radius 2 is 1.67 bits per heavy atom. The molecule has 6 heterocycles. The average Bonchev–Trinajstić information content (AvgIpc) is 3.94. The second-order valence-corrected chi connectivity index (χ2v) is 16.4. The number of anilines is 2. The van der Waals surface area contributed by atoms with Crippen molar-refractivity contribution in [2.75, 3.05) is 36.0 Å². The zero-order valence-corrected chi connectivity index (χ0v) is 32.5. The first-order valence-electron chi connectivity index (χ1n) is 19.3. The SMILES string of the molecule is O=C(Cn1nc(C(F)(F)F)c2c1C(F)(F)[C@@H]1C=C[C@H]21)N[C@@H](Cc1cc(F)cc(F)c1)c1nc2nc(N3CCN(c4ccncc4)CC3)sc2cc1-c1ccc2c(c1)C(=O)NC2. The van der Waals surface area contributed by atoms with Gasteiger partial charge in [0.05, 0.1) is 22.4 Å². The number of benzene rings is 2. The number of allylic oxidation sites excluding steroid dienone is 2. The zero-order chi connectivity index (χ0) is 42.4. The number of pyridine rings is 2. The highest BCUT2D eigenvalue weighted by Gasteiger charge is 2.61. The van der Waals surface area contributed by atoms with E-state index in [0.717, 1.165) is 29.5 Å². The first-order valence-corrected chi connectivity index (χ1v) is 20.1. The zero-order valence-electron chi connectivity index (χ0n) is 31.7. The van der Waals surface area contributed by atoms with Crippen molar-refractivity contribution in [1.82, 2.24) is 35.4 Å². The highest BCUT2D eigenvalue weighted by Crippen LogP contribution is 2.60. The van der Waals surface area contributed by atoms with Crippen LogP contribution >= 0.6 is 11.3 Å². The summed E-state index contributed by atoms with van der Waals surface area (Å²) in [5.41, 5.74) is 0.488. The van der Waals surface area contributed by atoms with E-state index in [9.17, 15) is 31.5 Å². The van der Waals surface area contributed by atoms with Crippen LogP contribution in [0.5, 0.6) is 0 Å². The number of alkyl halides is 5. The van der Waals surface area contributed by atoms with Crippen molar-refractivity contribution in [1.29, 1.82) is 0 Å². The van der Waals surface area contributed by atoms with Crippen LogP contribution in [0.2, 0.25) is 0 Å². The van der Waals surface area contributed by atoms with Gasteiger partial charge in [0.1, 0.15) is 23.9 Å². The molecule has 2 aromatic carbocycles. The third-order valence-electron chi connectivity index (χ3n) is 11.6. The van der Waals surface area contributed by atoms with Crippen LogP contribution in [-0.2, 0) is 36.4 Å². The van der Waals surface area contributed by atoms with Crippen LogP contribution in [0.25, 0.3) is 21.5 Å². The van der Waals surface area contributed by atoms with Crippen LogP contribution in [-0.4, -0.2) is 62.7 Å². The Balaban J connectivity index is 1.05. The number of hydrogen-bond acceptors (Lipinski definition) is 9. The van der Waals surface area contributed by atoms with Crippen molar-refractivity contribution in [2.45, 2.75) is 43.6 Å². The Bertz CT molecular complexity index is 2760. The number of nitrogens with one attached hydrogen (secondary N) is 2. The molecule has 0 unspecified atom stereocenters. The fourth-order valence-corrected chi connectivity index (χ4v) is 9.73. The summed E-state index contributed by atoms with van der Waals surface area (Å²) in [5, 5.41) is 9.68. The topological polar surface area (TPSA) is 121 Å². The second kappa shape index (κ2) is 14.4. The molecule has 0 bridgehead atoms. The summed E-state index contributed by atoms with van der Waals surface area (Å²) in [7, 11) is 0. The highest BCUT2D eigenvalue weighted by molar-refractivity contribution is 7.22. The van der Waals surface area contributed by atoms with Gasteiger partial charge in [-0.25, -0.2) is 13.8 Å². The molecule has 61 heavy (non-hydrogen) atoms. The molecule has 10 rings (SSSR count). The predicted molar refractivity (Wildman–Crippen MR) is 210 cm³/mol. The third-order valence-corrected chi connectivity index (χ3v) is 12.7. The number of nitrogens with zero attached hydrogens (tertiary/aromatic N) is 7. The van der Waals surface area contributed by atoms with Crippen molar-refractivity contribution >= 4 is 44.3 Å². The van der Waals surface area contributed by atoms with E-state index >= 15 is 8.78 Å². The fourth-order valence-electron chi connectivity index (χ4n) is 8.73. The van der Waals surface area contributed by atoms with Gasteiger partial charge in [-0.3, -0.25) is 19.3 Å². The van der Waals surface area contributed by atoms with Crippen LogP contribution in [0.15, 0.2) is 79.1 Å². The first kappa shape index (κ1) is 38.8. The predicted octanol–water partition coefficient (Wildman–Crippen LogP) is 7.29. The Morgan fingerprint density at radius 1 is 0.934 bits per heavy atom. The summed E-state index contributed by atoms with van der Waals surface area (Å²) in [6.45, 7) is 1.95. The van der Waals surface area contributed by atoms with Gasteiger partial charge in [-0.1, -0.05) is 35.6 Å². The molecule has 4 aliphatic rings. The summed E-state index contributed by atoms with van der Waals surface area (Å²) >= 11 is 1.38.